The zero-order valence-electron chi connectivity index (χ0n) is 7.94. The lowest BCUT2D eigenvalue weighted by Gasteiger charge is -2.04. The zero-order valence-corrected chi connectivity index (χ0v) is 10.3. The summed E-state index contributed by atoms with van der Waals surface area (Å²) in [5.41, 5.74) is 3.15. The fourth-order valence-corrected chi connectivity index (χ4v) is 2.29. The molecule has 1 heterocycles. The number of fused-ring (bicyclic) bond motifs is 1. The average molecular weight is 271 g/mol. The highest BCUT2D eigenvalue weighted by Gasteiger charge is 2.04. The summed E-state index contributed by atoms with van der Waals surface area (Å²) in [7, 11) is 0. The Morgan fingerprint density at radius 1 is 1.21 bits per heavy atom. The maximum Gasteiger partial charge on any atom is 0.132 e. The van der Waals surface area contributed by atoms with Crippen molar-refractivity contribution < 1.29 is 0 Å². The highest BCUT2D eigenvalue weighted by atomic mass is 79.9. The number of hydrogen-bond acceptors (Lipinski definition) is 1. The lowest BCUT2D eigenvalue weighted by atomic mass is 10.1. The fourth-order valence-electron chi connectivity index (χ4n) is 1.47. The zero-order chi connectivity index (χ0) is 10.3. The molecule has 0 unspecified atom stereocenters. The summed E-state index contributed by atoms with van der Waals surface area (Å²) in [6.07, 6.45) is 0. The normalized spacial score (nSPS) is 10.9. The van der Waals surface area contributed by atoms with Crippen LogP contribution in [0.1, 0.15) is 11.1 Å². The van der Waals surface area contributed by atoms with Crippen LogP contribution in [0.15, 0.2) is 22.7 Å². The molecular formula is C11H9BrClN. The van der Waals surface area contributed by atoms with Crippen LogP contribution in [-0.4, -0.2) is 4.98 Å². The standard InChI is InChI=1S/C11H9BrClN/c1-6-3-8-5-7(2)11(13)14-10(8)9(12)4-6/h3-5H,1-2H3. The van der Waals surface area contributed by atoms with Crippen molar-refractivity contribution in [2.45, 2.75) is 13.8 Å². The predicted molar refractivity (Wildman–Crippen MR) is 63.9 cm³/mol. The van der Waals surface area contributed by atoms with E-state index in [-0.39, 0.29) is 0 Å². The van der Waals surface area contributed by atoms with E-state index < -0.39 is 0 Å². The van der Waals surface area contributed by atoms with Crippen LogP contribution < -0.4 is 0 Å². The minimum absolute atomic E-state index is 0.571. The molecular weight excluding hydrogens is 261 g/mol. The van der Waals surface area contributed by atoms with Gasteiger partial charge >= 0.3 is 0 Å². The minimum atomic E-state index is 0.571. The molecule has 72 valence electrons. The summed E-state index contributed by atoms with van der Waals surface area (Å²) in [5, 5.41) is 1.70. The lowest BCUT2D eigenvalue weighted by Crippen LogP contribution is -1.86. The van der Waals surface area contributed by atoms with Crippen LogP contribution in [0.4, 0.5) is 0 Å². The topological polar surface area (TPSA) is 12.9 Å². The quantitative estimate of drug-likeness (QED) is 0.652. The van der Waals surface area contributed by atoms with Gasteiger partial charge in [-0.25, -0.2) is 4.98 Å². The highest BCUT2D eigenvalue weighted by Crippen LogP contribution is 2.27. The van der Waals surface area contributed by atoms with E-state index in [2.05, 4.69) is 40.0 Å². The van der Waals surface area contributed by atoms with Crippen molar-refractivity contribution in [3.8, 4) is 0 Å². The van der Waals surface area contributed by atoms with Crippen molar-refractivity contribution in [2.24, 2.45) is 0 Å². The Kier molecular flexibility index (Phi) is 2.50. The molecule has 0 fully saturated rings. The number of nitrogens with zero attached hydrogens (tertiary/aromatic N) is 1. The summed E-state index contributed by atoms with van der Waals surface area (Å²) in [4.78, 5) is 4.33. The van der Waals surface area contributed by atoms with Gasteiger partial charge in [0.1, 0.15) is 5.15 Å². The molecule has 0 radical (unpaired) electrons. The van der Waals surface area contributed by atoms with Gasteiger partial charge in [-0.15, -0.1) is 0 Å². The Labute approximate surface area is 96.2 Å². The smallest absolute Gasteiger partial charge is 0.132 e. The minimum Gasteiger partial charge on any atom is -0.235 e. The first kappa shape index (κ1) is 9.94. The molecule has 0 aliphatic rings. The van der Waals surface area contributed by atoms with Crippen LogP contribution in [-0.2, 0) is 0 Å². The molecule has 0 atom stereocenters. The van der Waals surface area contributed by atoms with Crippen LogP contribution in [0.5, 0.6) is 0 Å². The molecule has 0 N–H and O–H groups in total. The van der Waals surface area contributed by atoms with Gasteiger partial charge in [-0.05, 0) is 59.1 Å². The van der Waals surface area contributed by atoms with Crippen molar-refractivity contribution >= 4 is 38.4 Å². The van der Waals surface area contributed by atoms with Crippen LogP contribution >= 0.6 is 27.5 Å². The highest BCUT2D eigenvalue weighted by molar-refractivity contribution is 9.10. The molecule has 0 saturated heterocycles. The van der Waals surface area contributed by atoms with E-state index in [0.717, 1.165) is 20.9 Å². The van der Waals surface area contributed by atoms with Gasteiger partial charge in [0.2, 0.25) is 0 Å². The van der Waals surface area contributed by atoms with E-state index in [4.69, 9.17) is 11.6 Å². The Bertz CT molecular complexity index is 508. The summed E-state index contributed by atoms with van der Waals surface area (Å²) in [6, 6.07) is 6.21. The maximum absolute atomic E-state index is 5.97. The summed E-state index contributed by atoms with van der Waals surface area (Å²) >= 11 is 9.45. The molecule has 14 heavy (non-hydrogen) atoms. The number of rotatable bonds is 0. The first-order valence-corrected chi connectivity index (χ1v) is 5.48. The molecule has 2 rings (SSSR count). The van der Waals surface area contributed by atoms with E-state index in [1.807, 2.05) is 13.0 Å². The van der Waals surface area contributed by atoms with Gasteiger partial charge in [-0.1, -0.05) is 11.6 Å². The third-order valence-electron chi connectivity index (χ3n) is 2.14. The number of pyridine rings is 1. The lowest BCUT2D eigenvalue weighted by molar-refractivity contribution is 1.32. The van der Waals surface area contributed by atoms with E-state index in [9.17, 15) is 0 Å². The molecule has 2 aromatic rings. The van der Waals surface area contributed by atoms with E-state index in [0.29, 0.717) is 5.15 Å². The third-order valence-corrected chi connectivity index (χ3v) is 3.13. The summed E-state index contributed by atoms with van der Waals surface area (Å²) in [5.74, 6) is 0. The number of benzene rings is 1. The van der Waals surface area contributed by atoms with Gasteiger partial charge in [-0.3, -0.25) is 0 Å². The van der Waals surface area contributed by atoms with Gasteiger partial charge in [0.25, 0.3) is 0 Å². The first-order valence-electron chi connectivity index (χ1n) is 4.31. The van der Waals surface area contributed by atoms with E-state index >= 15 is 0 Å². The van der Waals surface area contributed by atoms with Gasteiger partial charge < -0.3 is 0 Å². The van der Waals surface area contributed by atoms with Gasteiger partial charge in [-0.2, -0.15) is 0 Å². The second-order valence-corrected chi connectivity index (χ2v) is 4.63. The van der Waals surface area contributed by atoms with Gasteiger partial charge in [0.15, 0.2) is 0 Å². The number of aryl methyl sites for hydroxylation is 2. The largest absolute Gasteiger partial charge is 0.235 e. The molecule has 0 amide bonds. The van der Waals surface area contributed by atoms with E-state index in [1.165, 1.54) is 5.56 Å². The predicted octanol–water partition coefficient (Wildman–Crippen LogP) is 4.27. The molecule has 0 aliphatic carbocycles. The number of halogens is 2. The van der Waals surface area contributed by atoms with Crippen LogP contribution in [0.2, 0.25) is 5.15 Å². The van der Waals surface area contributed by atoms with Crippen LogP contribution in [0, 0.1) is 13.8 Å². The van der Waals surface area contributed by atoms with Crippen molar-refractivity contribution in [1.82, 2.24) is 4.98 Å². The molecule has 1 aromatic heterocycles. The maximum atomic E-state index is 5.97. The summed E-state index contributed by atoms with van der Waals surface area (Å²) in [6.45, 7) is 4.03. The molecule has 0 bridgehead atoms. The number of hydrogen-bond donors (Lipinski definition) is 0. The molecule has 3 heteroatoms. The Hall–Kier alpha value is -0.600. The third kappa shape index (κ3) is 1.64. The van der Waals surface area contributed by atoms with Crippen LogP contribution in [0.25, 0.3) is 10.9 Å². The first-order chi connectivity index (χ1) is 6.58. The van der Waals surface area contributed by atoms with Crippen LogP contribution in [0.3, 0.4) is 0 Å². The van der Waals surface area contributed by atoms with Crippen molar-refractivity contribution in [2.75, 3.05) is 0 Å². The molecule has 1 aromatic carbocycles. The second-order valence-electron chi connectivity index (χ2n) is 3.41. The second kappa shape index (κ2) is 3.52. The van der Waals surface area contributed by atoms with Crippen molar-refractivity contribution in [3.63, 3.8) is 0 Å². The fraction of sp³-hybridized carbons (Fsp3) is 0.182. The molecule has 1 nitrogen and oxygen atoms in total. The Morgan fingerprint density at radius 3 is 2.64 bits per heavy atom. The van der Waals surface area contributed by atoms with Crippen molar-refractivity contribution in [3.05, 3.63) is 39.0 Å². The van der Waals surface area contributed by atoms with Gasteiger partial charge in [0.05, 0.1) is 5.52 Å². The van der Waals surface area contributed by atoms with Crippen molar-refractivity contribution in [1.29, 1.82) is 0 Å². The monoisotopic (exact) mass is 269 g/mol. The Balaban J connectivity index is 2.89. The van der Waals surface area contributed by atoms with Gasteiger partial charge in [0, 0.05) is 9.86 Å². The number of aromatic nitrogens is 1. The average Bonchev–Trinajstić information content (AvgIpc) is 2.08. The summed E-state index contributed by atoms with van der Waals surface area (Å²) < 4.78 is 0.995. The van der Waals surface area contributed by atoms with E-state index in [1.54, 1.807) is 0 Å². The molecule has 0 spiro atoms. The SMILES string of the molecule is Cc1cc(Br)c2nc(Cl)c(C)cc2c1. The molecule has 0 saturated carbocycles. The molecule has 0 aliphatic heterocycles. The Morgan fingerprint density at radius 2 is 1.93 bits per heavy atom.